The SMILES string of the molecule is CC1COC2(c3ccccc3Cl)c3cc(Cl)ccc3NC(=O)CN12.CCC1(C2=CCCCC2)C(=O)NC(=O)NC1=O. The number of fused-ring (bicyclic) bond motifs is 3. The predicted octanol–water partition coefficient (Wildman–Crippen LogP) is 5.12. The molecule has 2 aromatic rings. The standard InChI is InChI=1S/C18H16Cl2N2O2.C12H16N2O3/c1-11-10-24-18(13-4-2-3-5-15(13)20)14-8-12(19)6-7-16(14)21-17(23)9-22(11)18;1-2-12(8-6-4-3-5-7-8)9(15)13-11(17)14-10(12)16/h2-8,11H,9-10H2,1H3,(H,21,23);6H,2-5,7H2,1H3,(H2,13,14,15,16,17). The van der Waals surface area contributed by atoms with Crippen molar-refractivity contribution in [1.82, 2.24) is 15.5 Å². The van der Waals surface area contributed by atoms with Gasteiger partial charge in [-0.2, -0.15) is 0 Å². The number of nitrogens with one attached hydrogen (secondary N) is 3. The summed E-state index contributed by atoms with van der Waals surface area (Å²) in [5, 5.41) is 8.52. The van der Waals surface area contributed by atoms with Crippen LogP contribution in [0.1, 0.15) is 57.1 Å². The molecular formula is C30H32Cl2N4O5. The van der Waals surface area contributed by atoms with Crippen LogP contribution in [0.15, 0.2) is 54.1 Å². The van der Waals surface area contributed by atoms with E-state index in [0.29, 0.717) is 28.8 Å². The van der Waals surface area contributed by atoms with Crippen LogP contribution in [0.2, 0.25) is 10.0 Å². The second-order valence-corrected chi connectivity index (χ2v) is 11.5. The molecule has 2 fully saturated rings. The van der Waals surface area contributed by atoms with E-state index in [-0.39, 0.29) is 18.5 Å². The third kappa shape index (κ3) is 5.05. The van der Waals surface area contributed by atoms with E-state index in [9.17, 15) is 19.2 Å². The first kappa shape index (κ1) is 29.3. The van der Waals surface area contributed by atoms with Crippen LogP contribution in [0.25, 0.3) is 0 Å². The average molecular weight is 600 g/mol. The number of allylic oxidation sites excluding steroid dienone is 1. The molecule has 0 aromatic heterocycles. The summed E-state index contributed by atoms with van der Waals surface area (Å²) in [6, 6.07) is 12.3. The molecule has 2 unspecified atom stereocenters. The molecule has 1 aliphatic carbocycles. The van der Waals surface area contributed by atoms with Crippen LogP contribution in [0.4, 0.5) is 10.5 Å². The van der Waals surface area contributed by atoms with Crippen molar-refractivity contribution in [3.63, 3.8) is 0 Å². The predicted molar refractivity (Wildman–Crippen MR) is 155 cm³/mol. The van der Waals surface area contributed by atoms with E-state index < -0.39 is 29.0 Å². The lowest BCUT2D eigenvalue weighted by atomic mass is 9.71. The minimum Gasteiger partial charge on any atom is -0.350 e. The van der Waals surface area contributed by atoms with Crippen molar-refractivity contribution < 1.29 is 23.9 Å². The molecule has 0 saturated carbocycles. The highest BCUT2D eigenvalue weighted by molar-refractivity contribution is 6.31. The Morgan fingerprint density at radius 2 is 1.71 bits per heavy atom. The van der Waals surface area contributed by atoms with Crippen molar-refractivity contribution in [1.29, 1.82) is 0 Å². The summed E-state index contributed by atoms with van der Waals surface area (Å²) < 4.78 is 6.32. The van der Waals surface area contributed by atoms with E-state index in [4.69, 9.17) is 27.9 Å². The lowest BCUT2D eigenvalue weighted by molar-refractivity contribution is -0.142. The molecule has 3 N–H and O–H groups in total. The molecule has 0 spiro atoms. The molecule has 3 aliphatic heterocycles. The van der Waals surface area contributed by atoms with Gasteiger partial charge in [0.2, 0.25) is 17.7 Å². The Morgan fingerprint density at radius 3 is 2.37 bits per heavy atom. The van der Waals surface area contributed by atoms with Crippen molar-refractivity contribution in [2.75, 3.05) is 18.5 Å². The molecule has 41 heavy (non-hydrogen) atoms. The number of carbonyl (C=O) groups is 4. The number of carbonyl (C=O) groups excluding carboxylic acids is 4. The zero-order chi connectivity index (χ0) is 29.4. The number of halogens is 2. The van der Waals surface area contributed by atoms with Gasteiger partial charge >= 0.3 is 6.03 Å². The first-order valence-electron chi connectivity index (χ1n) is 13.8. The number of ether oxygens (including phenoxy) is 1. The topological polar surface area (TPSA) is 117 Å². The van der Waals surface area contributed by atoms with Gasteiger partial charge in [0.1, 0.15) is 5.41 Å². The summed E-state index contributed by atoms with van der Waals surface area (Å²) in [4.78, 5) is 49.6. The average Bonchev–Trinajstić information content (AvgIpc) is 3.20. The number of nitrogens with zero attached hydrogens (tertiary/aromatic N) is 1. The van der Waals surface area contributed by atoms with Gasteiger partial charge in [-0.3, -0.25) is 29.9 Å². The Hall–Kier alpha value is -3.24. The number of urea groups is 1. The van der Waals surface area contributed by atoms with E-state index in [1.807, 2.05) is 54.3 Å². The Balaban J connectivity index is 0.000000175. The van der Waals surface area contributed by atoms with Gasteiger partial charge < -0.3 is 10.1 Å². The van der Waals surface area contributed by atoms with E-state index in [1.165, 1.54) is 0 Å². The quantitative estimate of drug-likeness (QED) is 0.333. The first-order valence-corrected chi connectivity index (χ1v) is 14.5. The number of barbiturate groups is 1. The highest BCUT2D eigenvalue weighted by Gasteiger charge is 2.53. The van der Waals surface area contributed by atoms with Gasteiger partial charge in [0.25, 0.3) is 0 Å². The molecule has 4 aliphatic rings. The van der Waals surface area contributed by atoms with Gasteiger partial charge in [0.15, 0.2) is 5.72 Å². The minimum absolute atomic E-state index is 0.0666. The maximum Gasteiger partial charge on any atom is 0.328 e. The van der Waals surface area contributed by atoms with Crippen LogP contribution in [0, 0.1) is 5.41 Å². The number of benzene rings is 2. The molecule has 3 heterocycles. The highest BCUT2D eigenvalue weighted by atomic mass is 35.5. The zero-order valence-electron chi connectivity index (χ0n) is 22.9. The number of rotatable bonds is 3. The molecule has 9 nitrogen and oxygen atoms in total. The van der Waals surface area contributed by atoms with Crippen LogP contribution in [0.3, 0.4) is 0 Å². The third-order valence-electron chi connectivity index (χ3n) is 8.24. The molecule has 2 saturated heterocycles. The van der Waals surface area contributed by atoms with Gasteiger partial charge in [-0.05, 0) is 68.9 Å². The van der Waals surface area contributed by atoms with Crippen LogP contribution >= 0.6 is 23.2 Å². The molecular weight excluding hydrogens is 567 g/mol. The minimum atomic E-state index is -1.17. The summed E-state index contributed by atoms with van der Waals surface area (Å²) in [5.74, 6) is -1.05. The molecule has 0 radical (unpaired) electrons. The smallest absolute Gasteiger partial charge is 0.328 e. The van der Waals surface area contributed by atoms with E-state index in [0.717, 1.165) is 42.4 Å². The fourth-order valence-corrected chi connectivity index (χ4v) is 6.64. The number of hydrogen-bond donors (Lipinski definition) is 3. The third-order valence-corrected chi connectivity index (χ3v) is 8.81. The Morgan fingerprint density at radius 1 is 0.976 bits per heavy atom. The molecule has 2 aromatic carbocycles. The maximum atomic E-state index is 12.4. The van der Waals surface area contributed by atoms with Gasteiger partial charge in [0.05, 0.1) is 13.2 Å². The zero-order valence-corrected chi connectivity index (χ0v) is 24.4. The molecule has 216 valence electrons. The first-order chi connectivity index (χ1) is 19.6. The van der Waals surface area contributed by atoms with Crippen LogP contribution in [-0.2, 0) is 24.8 Å². The Bertz CT molecular complexity index is 1420. The number of imide groups is 2. The van der Waals surface area contributed by atoms with Gasteiger partial charge in [-0.15, -0.1) is 0 Å². The Kier molecular flexibility index (Phi) is 8.25. The highest BCUT2D eigenvalue weighted by Crippen LogP contribution is 2.49. The lowest BCUT2D eigenvalue weighted by Gasteiger charge is -2.38. The molecule has 11 heteroatoms. The maximum absolute atomic E-state index is 12.4. The molecule has 6 rings (SSSR count). The lowest BCUT2D eigenvalue weighted by Crippen LogP contribution is -2.63. The van der Waals surface area contributed by atoms with Crippen molar-refractivity contribution in [3.8, 4) is 0 Å². The second-order valence-electron chi connectivity index (χ2n) is 10.6. The normalized spacial score (nSPS) is 25.4. The molecule has 5 amide bonds. The summed E-state index contributed by atoms with van der Waals surface area (Å²) in [5.41, 5.74) is 1.06. The summed E-state index contributed by atoms with van der Waals surface area (Å²) >= 11 is 12.8. The largest absolute Gasteiger partial charge is 0.350 e. The van der Waals surface area contributed by atoms with Gasteiger partial charge in [0, 0.05) is 32.9 Å². The van der Waals surface area contributed by atoms with Crippen LogP contribution in [-0.4, -0.2) is 47.8 Å². The van der Waals surface area contributed by atoms with E-state index >= 15 is 0 Å². The second kappa shape index (κ2) is 11.6. The monoisotopic (exact) mass is 598 g/mol. The summed E-state index contributed by atoms with van der Waals surface area (Å²) in [6.07, 6.45) is 6.08. The summed E-state index contributed by atoms with van der Waals surface area (Å²) in [7, 11) is 0. The van der Waals surface area contributed by atoms with Crippen molar-refractivity contribution >= 4 is 52.6 Å². The Labute approximate surface area is 248 Å². The molecule has 2 atom stereocenters. The van der Waals surface area contributed by atoms with Crippen molar-refractivity contribution in [2.45, 2.75) is 57.7 Å². The fraction of sp³-hybridized carbons (Fsp3) is 0.400. The van der Waals surface area contributed by atoms with Gasteiger partial charge in [-0.25, -0.2) is 4.79 Å². The van der Waals surface area contributed by atoms with Crippen molar-refractivity contribution in [2.24, 2.45) is 5.41 Å². The molecule has 0 bridgehead atoms. The number of hydrogen-bond acceptors (Lipinski definition) is 6. The number of amides is 5. The van der Waals surface area contributed by atoms with E-state index in [2.05, 4.69) is 16.0 Å². The van der Waals surface area contributed by atoms with Crippen molar-refractivity contribution in [3.05, 3.63) is 75.3 Å². The summed E-state index contributed by atoms with van der Waals surface area (Å²) in [6.45, 7) is 4.56. The van der Waals surface area contributed by atoms with Gasteiger partial charge in [-0.1, -0.05) is 54.4 Å². The number of anilines is 1. The van der Waals surface area contributed by atoms with Crippen LogP contribution in [0.5, 0.6) is 0 Å². The van der Waals surface area contributed by atoms with E-state index in [1.54, 1.807) is 13.0 Å². The fourth-order valence-electron chi connectivity index (χ4n) is 6.21. The van der Waals surface area contributed by atoms with Crippen LogP contribution < -0.4 is 16.0 Å².